The van der Waals surface area contributed by atoms with Crippen molar-refractivity contribution in [2.24, 2.45) is 0 Å². The van der Waals surface area contributed by atoms with Crippen LogP contribution >= 0.6 is 23.1 Å². The monoisotopic (exact) mass is 416 g/mol. The molecular formula is C22H16N4OS2. The molecule has 0 unspecified atom stereocenters. The summed E-state index contributed by atoms with van der Waals surface area (Å²) in [7, 11) is 0. The van der Waals surface area contributed by atoms with Crippen molar-refractivity contribution in [3.8, 4) is 11.1 Å². The third-order valence-corrected chi connectivity index (χ3v) is 6.56. The van der Waals surface area contributed by atoms with E-state index in [1.165, 1.54) is 0 Å². The smallest absolute Gasteiger partial charge is 0.258 e. The molecule has 0 aliphatic carbocycles. The minimum absolute atomic E-state index is 0.0704. The molecule has 0 N–H and O–H groups in total. The van der Waals surface area contributed by atoms with E-state index in [2.05, 4.69) is 32.5 Å². The van der Waals surface area contributed by atoms with Gasteiger partial charge in [0.2, 0.25) is 0 Å². The maximum atomic E-state index is 12.4. The largest absolute Gasteiger partial charge is 0.269 e. The summed E-state index contributed by atoms with van der Waals surface area (Å²) in [5.41, 5.74) is 4.70. The van der Waals surface area contributed by atoms with Crippen LogP contribution in [0.15, 0.2) is 76.3 Å². The number of thiophene rings is 1. The third kappa shape index (κ3) is 3.43. The van der Waals surface area contributed by atoms with Crippen LogP contribution in [0.4, 0.5) is 0 Å². The first kappa shape index (κ1) is 18.0. The molecule has 0 bridgehead atoms. The summed E-state index contributed by atoms with van der Waals surface area (Å²) in [5.74, 6) is 0.565. The number of aromatic nitrogens is 4. The first-order chi connectivity index (χ1) is 14.2. The van der Waals surface area contributed by atoms with Crippen LogP contribution in [0.5, 0.6) is 0 Å². The van der Waals surface area contributed by atoms with E-state index in [-0.39, 0.29) is 5.56 Å². The van der Waals surface area contributed by atoms with Crippen molar-refractivity contribution in [1.82, 2.24) is 19.4 Å². The highest BCUT2D eigenvalue weighted by atomic mass is 32.2. The Kier molecular flexibility index (Phi) is 4.61. The van der Waals surface area contributed by atoms with Crippen LogP contribution in [-0.2, 0) is 5.75 Å². The van der Waals surface area contributed by atoms with Crippen LogP contribution in [0.1, 0.15) is 11.3 Å². The van der Waals surface area contributed by atoms with Crippen LogP contribution in [0.3, 0.4) is 0 Å². The first-order valence-corrected chi connectivity index (χ1v) is 10.9. The number of hydrogen-bond donors (Lipinski definition) is 0. The molecule has 4 heterocycles. The molecule has 5 aromatic rings. The van der Waals surface area contributed by atoms with Gasteiger partial charge in [0, 0.05) is 29.0 Å². The first-order valence-electron chi connectivity index (χ1n) is 9.08. The van der Waals surface area contributed by atoms with Gasteiger partial charge < -0.3 is 0 Å². The van der Waals surface area contributed by atoms with Crippen LogP contribution in [0, 0.1) is 6.92 Å². The molecule has 4 aromatic heterocycles. The van der Waals surface area contributed by atoms with Gasteiger partial charge in [-0.25, -0.2) is 15.0 Å². The number of nitrogens with zero attached hydrogens (tertiary/aromatic N) is 4. The van der Waals surface area contributed by atoms with Crippen LogP contribution in [0.25, 0.3) is 27.0 Å². The molecule has 0 saturated carbocycles. The second-order valence-electron chi connectivity index (χ2n) is 6.68. The molecule has 0 fully saturated rings. The Bertz CT molecular complexity index is 1390. The quantitative estimate of drug-likeness (QED) is 0.306. The van der Waals surface area contributed by atoms with Gasteiger partial charge in [-0.3, -0.25) is 9.20 Å². The van der Waals surface area contributed by atoms with Gasteiger partial charge in [0.15, 0.2) is 0 Å². The summed E-state index contributed by atoms with van der Waals surface area (Å²) in [6.45, 7) is 1.99. The molecule has 29 heavy (non-hydrogen) atoms. The van der Waals surface area contributed by atoms with E-state index in [0.29, 0.717) is 11.4 Å². The molecule has 0 aliphatic rings. The van der Waals surface area contributed by atoms with E-state index in [4.69, 9.17) is 0 Å². The van der Waals surface area contributed by atoms with E-state index in [1.54, 1.807) is 46.1 Å². The number of fused-ring (bicyclic) bond motifs is 2. The van der Waals surface area contributed by atoms with Gasteiger partial charge in [-0.1, -0.05) is 42.1 Å². The topological polar surface area (TPSA) is 60.2 Å². The van der Waals surface area contributed by atoms with Crippen LogP contribution < -0.4 is 5.56 Å². The summed E-state index contributed by atoms with van der Waals surface area (Å²) in [6.07, 6.45) is 3.37. The Balaban J connectivity index is 1.52. The number of hydrogen-bond acceptors (Lipinski definition) is 6. The normalized spacial score (nSPS) is 11.3. The maximum Gasteiger partial charge on any atom is 0.258 e. The van der Waals surface area contributed by atoms with Crippen molar-refractivity contribution < 1.29 is 0 Å². The van der Waals surface area contributed by atoms with Crippen LogP contribution in [-0.4, -0.2) is 19.4 Å². The molecule has 1 aromatic carbocycles. The fourth-order valence-electron chi connectivity index (χ4n) is 3.26. The van der Waals surface area contributed by atoms with E-state index in [0.717, 1.165) is 37.6 Å². The number of benzene rings is 1. The zero-order valence-electron chi connectivity index (χ0n) is 15.6. The molecule has 7 heteroatoms. The number of aryl methyl sites for hydroxylation is 1. The van der Waals surface area contributed by atoms with Gasteiger partial charge in [0.1, 0.15) is 21.8 Å². The lowest BCUT2D eigenvalue weighted by Crippen LogP contribution is -2.15. The average molecular weight is 417 g/mol. The highest BCUT2D eigenvalue weighted by Gasteiger charge is 2.14. The van der Waals surface area contributed by atoms with Crippen molar-refractivity contribution in [3.63, 3.8) is 0 Å². The van der Waals surface area contributed by atoms with Gasteiger partial charge in [-0.05, 0) is 30.2 Å². The summed E-state index contributed by atoms with van der Waals surface area (Å²) < 4.78 is 1.57. The molecule has 0 saturated heterocycles. The minimum atomic E-state index is -0.0704. The predicted octanol–water partition coefficient (Wildman–Crippen LogP) is 4.97. The van der Waals surface area contributed by atoms with Gasteiger partial charge in [0.25, 0.3) is 5.56 Å². The Morgan fingerprint density at radius 1 is 1.10 bits per heavy atom. The molecule has 0 amide bonds. The minimum Gasteiger partial charge on any atom is -0.269 e. The van der Waals surface area contributed by atoms with Crippen molar-refractivity contribution in [2.45, 2.75) is 17.7 Å². The fourth-order valence-corrected chi connectivity index (χ4v) is 5.14. The van der Waals surface area contributed by atoms with Gasteiger partial charge >= 0.3 is 0 Å². The summed E-state index contributed by atoms with van der Waals surface area (Å²) in [6, 6.07) is 15.7. The second kappa shape index (κ2) is 7.42. The Hall–Kier alpha value is -3.03. The van der Waals surface area contributed by atoms with Crippen molar-refractivity contribution in [3.05, 3.63) is 88.0 Å². The van der Waals surface area contributed by atoms with Gasteiger partial charge in [0.05, 0.1) is 11.1 Å². The molecule has 0 atom stereocenters. The molecule has 0 aliphatic heterocycles. The lowest BCUT2D eigenvalue weighted by atomic mass is 10.1. The molecule has 5 rings (SSSR count). The predicted molar refractivity (Wildman–Crippen MR) is 119 cm³/mol. The summed E-state index contributed by atoms with van der Waals surface area (Å²) in [4.78, 5) is 27.0. The SMILES string of the molecule is Cc1ccn2c(=O)cc(CSc3ncnc4scc(-c5ccccc5)c34)nc2c1. The third-order valence-electron chi connectivity index (χ3n) is 4.65. The standard InChI is InChI=1S/C22H16N4OS2/c1-14-7-8-26-18(9-14)25-16(10-19(26)27)11-28-21-20-17(15-5-3-2-4-6-15)12-29-22(20)24-13-23-21/h2-10,12-13H,11H2,1H3. The van der Waals surface area contributed by atoms with E-state index in [1.807, 2.05) is 37.3 Å². The van der Waals surface area contributed by atoms with Gasteiger partial charge in [-0.15, -0.1) is 11.3 Å². The highest BCUT2D eigenvalue weighted by Crippen LogP contribution is 2.38. The maximum absolute atomic E-state index is 12.4. The van der Waals surface area contributed by atoms with E-state index >= 15 is 0 Å². The van der Waals surface area contributed by atoms with Crippen molar-refractivity contribution >= 4 is 39.0 Å². The summed E-state index contributed by atoms with van der Waals surface area (Å²) >= 11 is 3.20. The number of rotatable bonds is 4. The van der Waals surface area contributed by atoms with Crippen molar-refractivity contribution in [1.29, 1.82) is 0 Å². The van der Waals surface area contributed by atoms with Crippen molar-refractivity contribution in [2.75, 3.05) is 0 Å². The van der Waals surface area contributed by atoms with E-state index in [9.17, 15) is 4.79 Å². The second-order valence-corrected chi connectivity index (χ2v) is 8.50. The average Bonchev–Trinajstić information content (AvgIpc) is 3.17. The Morgan fingerprint density at radius 3 is 2.83 bits per heavy atom. The van der Waals surface area contributed by atoms with Crippen LogP contribution in [0.2, 0.25) is 0 Å². The Morgan fingerprint density at radius 2 is 1.97 bits per heavy atom. The number of pyridine rings is 1. The molecule has 0 radical (unpaired) electrons. The zero-order chi connectivity index (χ0) is 19.8. The molecule has 142 valence electrons. The summed E-state index contributed by atoms with van der Waals surface area (Å²) in [5, 5.41) is 4.09. The molecule has 5 nitrogen and oxygen atoms in total. The fraction of sp³-hybridized carbons (Fsp3) is 0.0909. The lowest BCUT2D eigenvalue weighted by molar-refractivity contribution is 1.00. The number of thioether (sulfide) groups is 1. The lowest BCUT2D eigenvalue weighted by Gasteiger charge is -2.07. The highest BCUT2D eigenvalue weighted by molar-refractivity contribution is 7.98. The molecular weight excluding hydrogens is 400 g/mol. The molecule has 0 spiro atoms. The Labute approximate surface area is 175 Å². The zero-order valence-corrected chi connectivity index (χ0v) is 17.2. The van der Waals surface area contributed by atoms with Gasteiger partial charge in [-0.2, -0.15) is 0 Å². The van der Waals surface area contributed by atoms with E-state index < -0.39 is 0 Å².